The molecule has 1 saturated heterocycles. The zero-order chi connectivity index (χ0) is 12.7. The first-order valence-electron chi connectivity index (χ1n) is 7.04. The molecular weight excluding hydrogens is 240 g/mol. The maximum atomic E-state index is 5.74. The Morgan fingerprint density at radius 2 is 2.37 bits per heavy atom. The van der Waals surface area contributed by atoms with Crippen molar-refractivity contribution in [2.75, 3.05) is 25.1 Å². The zero-order valence-electron chi connectivity index (χ0n) is 10.9. The van der Waals surface area contributed by atoms with E-state index in [4.69, 9.17) is 4.74 Å². The minimum atomic E-state index is 0.438. The average Bonchev–Trinajstić information content (AvgIpc) is 3.06. The average molecular weight is 259 g/mol. The monoisotopic (exact) mass is 259 g/mol. The molecule has 2 atom stereocenters. The van der Waals surface area contributed by atoms with Crippen LogP contribution in [-0.4, -0.2) is 35.5 Å². The minimum Gasteiger partial charge on any atom is -0.372 e. The molecular formula is C14H19N4O+. The third-order valence-corrected chi connectivity index (χ3v) is 4.07. The number of fused-ring (bicyclic) bond motifs is 3. The van der Waals surface area contributed by atoms with Gasteiger partial charge in [-0.15, -0.1) is 0 Å². The molecule has 1 fully saturated rings. The summed E-state index contributed by atoms with van der Waals surface area (Å²) in [6, 6.07) is 8.33. The lowest BCUT2D eigenvalue weighted by Crippen LogP contribution is -3.14. The van der Waals surface area contributed by atoms with Gasteiger partial charge in [-0.05, 0) is 25.0 Å². The van der Waals surface area contributed by atoms with Gasteiger partial charge in [0.25, 0.3) is 0 Å². The second-order valence-corrected chi connectivity index (χ2v) is 5.45. The maximum absolute atomic E-state index is 5.74. The number of hydrogen-bond donors (Lipinski definition) is 2. The number of anilines is 1. The van der Waals surface area contributed by atoms with Crippen LogP contribution >= 0.6 is 0 Å². The second-order valence-electron chi connectivity index (χ2n) is 5.45. The van der Waals surface area contributed by atoms with Gasteiger partial charge in [-0.3, -0.25) is 9.47 Å². The molecule has 1 aromatic carbocycles. The number of rotatable bonds is 2. The van der Waals surface area contributed by atoms with Crippen LogP contribution in [0.5, 0.6) is 0 Å². The third kappa shape index (κ3) is 1.99. The summed E-state index contributed by atoms with van der Waals surface area (Å²) in [6.07, 6.45) is 2.86. The number of ether oxygens (including phenoxy) is 1. The van der Waals surface area contributed by atoms with Gasteiger partial charge in [0, 0.05) is 6.61 Å². The van der Waals surface area contributed by atoms with E-state index in [1.807, 2.05) is 6.07 Å². The number of imidazole rings is 1. The van der Waals surface area contributed by atoms with E-state index < -0.39 is 0 Å². The number of para-hydroxylation sites is 2. The molecule has 5 nitrogen and oxygen atoms in total. The number of nitrogens with one attached hydrogen (secondary N) is 2. The summed E-state index contributed by atoms with van der Waals surface area (Å²) in [5.74, 6) is 0.997. The molecule has 19 heavy (non-hydrogen) atoms. The Kier molecular flexibility index (Phi) is 2.67. The van der Waals surface area contributed by atoms with E-state index in [1.54, 1.807) is 0 Å². The molecule has 0 amide bonds. The smallest absolute Gasteiger partial charge is 0.212 e. The van der Waals surface area contributed by atoms with Crippen molar-refractivity contribution < 1.29 is 9.64 Å². The van der Waals surface area contributed by atoms with Crippen molar-refractivity contribution in [3.63, 3.8) is 0 Å². The Morgan fingerprint density at radius 1 is 1.42 bits per heavy atom. The molecule has 0 spiro atoms. The first-order chi connectivity index (χ1) is 9.40. The van der Waals surface area contributed by atoms with Crippen molar-refractivity contribution in [1.82, 2.24) is 9.55 Å². The Balaban J connectivity index is 1.58. The fourth-order valence-electron chi connectivity index (χ4n) is 3.12. The molecule has 1 aromatic heterocycles. The fraction of sp³-hybridized carbons (Fsp3) is 0.500. The predicted octanol–water partition coefficient (Wildman–Crippen LogP) is 0.441. The minimum absolute atomic E-state index is 0.438. The SMILES string of the molecule is c1ccc2c(c1)nc1n2C[NH+](C[C@@H]2CCCO2)CN1. The molecule has 2 aliphatic rings. The Labute approximate surface area is 112 Å². The third-order valence-electron chi connectivity index (χ3n) is 4.07. The molecule has 5 heteroatoms. The van der Waals surface area contributed by atoms with E-state index in [9.17, 15) is 0 Å². The van der Waals surface area contributed by atoms with Crippen LogP contribution in [0.1, 0.15) is 12.8 Å². The topological polar surface area (TPSA) is 43.5 Å². The summed E-state index contributed by atoms with van der Waals surface area (Å²) in [4.78, 5) is 6.14. The van der Waals surface area contributed by atoms with Crippen LogP contribution in [0.2, 0.25) is 0 Å². The van der Waals surface area contributed by atoms with E-state index in [-0.39, 0.29) is 0 Å². The van der Waals surface area contributed by atoms with Crippen molar-refractivity contribution in [1.29, 1.82) is 0 Å². The number of hydrogen-bond acceptors (Lipinski definition) is 3. The summed E-state index contributed by atoms with van der Waals surface area (Å²) >= 11 is 0. The summed E-state index contributed by atoms with van der Waals surface area (Å²) in [5, 5.41) is 3.44. The number of nitrogens with zero attached hydrogens (tertiary/aromatic N) is 2. The van der Waals surface area contributed by atoms with Crippen LogP contribution in [0.3, 0.4) is 0 Å². The van der Waals surface area contributed by atoms with Crippen LogP contribution in [0.15, 0.2) is 24.3 Å². The van der Waals surface area contributed by atoms with Crippen molar-refractivity contribution in [3.05, 3.63) is 24.3 Å². The Morgan fingerprint density at radius 3 is 3.26 bits per heavy atom. The molecule has 3 heterocycles. The molecule has 2 N–H and O–H groups in total. The van der Waals surface area contributed by atoms with E-state index in [0.717, 1.165) is 38.0 Å². The summed E-state index contributed by atoms with van der Waals surface area (Å²) in [6.45, 7) is 3.93. The van der Waals surface area contributed by atoms with Gasteiger partial charge in [0.2, 0.25) is 5.95 Å². The molecule has 0 bridgehead atoms. The van der Waals surface area contributed by atoms with Crippen LogP contribution < -0.4 is 10.2 Å². The van der Waals surface area contributed by atoms with Gasteiger partial charge in [-0.2, -0.15) is 0 Å². The molecule has 0 aliphatic carbocycles. The largest absolute Gasteiger partial charge is 0.372 e. The fourth-order valence-corrected chi connectivity index (χ4v) is 3.12. The maximum Gasteiger partial charge on any atom is 0.212 e. The number of aromatic nitrogens is 2. The van der Waals surface area contributed by atoms with Crippen LogP contribution in [-0.2, 0) is 11.4 Å². The quantitative estimate of drug-likeness (QED) is 0.822. The molecule has 1 unspecified atom stereocenters. The lowest BCUT2D eigenvalue weighted by Gasteiger charge is -2.28. The predicted molar refractivity (Wildman–Crippen MR) is 73.0 cm³/mol. The Hall–Kier alpha value is -1.59. The number of benzene rings is 1. The molecule has 2 aromatic rings. The van der Waals surface area contributed by atoms with E-state index in [1.165, 1.54) is 23.3 Å². The first kappa shape index (κ1) is 11.3. The standard InChI is InChI=1S/C14H18N4O/c1-2-6-13-12(5-1)16-14-15-9-17(10-18(13)14)8-11-4-3-7-19-11/h1-2,5-6,11H,3-4,7-10H2,(H,15,16)/p+1/t11-/m0/s1. The van der Waals surface area contributed by atoms with Gasteiger partial charge in [0.05, 0.1) is 11.0 Å². The molecule has 100 valence electrons. The highest BCUT2D eigenvalue weighted by Gasteiger charge is 2.26. The van der Waals surface area contributed by atoms with E-state index >= 15 is 0 Å². The zero-order valence-corrected chi connectivity index (χ0v) is 10.9. The van der Waals surface area contributed by atoms with Crippen LogP contribution in [0.4, 0.5) is 5.95 Å². The van der Waals surface area contributed by atoms with Gasteiger partial charge in [-0.25, -0.2) is 4.98 Å². The normalized spacial score (nSPS) is 26.3. The number of quaternary nitrogens is 1. The van der Waals surface area contributed by atoms with E-state index in [2.05, 4.69) is 33.1 Å². The van der Waals surface area contributed by atoms with Gasteiger partial charge in [0.1, 0.15) is 12.6 Å². The van der Waals surface area contributed by atoms with Crippen LogP contribution in [0.25, 0.3) is 11.0 Å². The lowest BCUT2D eigenvalue weighted by atomic mass is 10.2. The molecule has 0 saturated carbocycles. The van der Waals surface area contributed by atoms with Crippen molar-refractivity contribution in [3.8, 4) is 0 Å². The molecule has 4 rings (SSSR count). The van der Waals surface area contributed by atoms with Crippen LogP contribution in [0, 0.1) is 0 Å². The summed E-state index contributed by atoms with van der Waals surface area (Å²) in [7, 11) is 0. The molecule has 2 aliphatic heterocycles. The van der Waals surface area contributed by atoms with Gasteiger partial charge < -0.3 is 10.1 Å². The summed E-state index contributed by atoms with van der Waals surface area (Å²) in [5.41, 5.74) is 2.29. The van der Waals surface area contributed by atoms with Gasteiger partial charge >= 0.3 is 0 Å². The van der Waals surface area contributed by atoms with Gasteiger partial charge in [-0.1, -0.05) is 12.1 Å². The summed E-state index contributed by atoms with van der Waals surface area (Å²) < 4.78 is 8.02. The van der Waals surface area contributed by atoms with Crippen molar-refractivity contribution in [2.24, 2.45) is 0 Å². The van der Waals surface area contributed by atoms with Crippen molar-refractivity contribution >= 4 is 17.0 Å². The lowest BCUT2D eigenvalue weighted by molar-refractivity contribution is -0.924. The second kappa shape index (κ2) is 4.51. The van der Waals surface area contributed by atoms with Gasteiger partial charge in [0.15, 0.2) is 13.3 Å². The highest BCUT2D eigenvalue weighted by molar-refractivity contribution is 5.78. The highest BCUT2D eigenvalue weighted by Crippen LogP contribution is 2.19. The van der Waals surface area contributed by atoms with E-state index in [0.29, 0.717) is 6.10 Å². The highest BCUT2D eigenvalue weighted by atomic mass is 16.5. The van der Waals surface area contributed by atoms with Crippen molar-refractivity contribution in [2.45, 2.75) is 25.6 Å². The first-order valence-corrected chi connectivity index (χ1v) is 7.04. The Bertz CT molecular complexity index is 588. The molecule has 0 radical (unpaired) electrons.